The summed E-state index contributed by atoms with van der Waals surface area (Å²) in [7, 11) is 0. The standard InChI is InChI=1S/C8H14BrClO/c9-6-4-2-1-3-5-8(11)7-10/h1-7H2. The first-order chi connectivity index (χ1) is 5.31. The maximum atomic E-state index is 10.7. The second kappa shape index (κ2) is 8.54. The number of Topliss-reactive ketones (excluding diaryl/α,β-unsaturated/α-hetero) is 1. The van der Waals surface area contributed by atoms with E-state index in [1.165, 1.54) is 12.8 Å². The number of ketones is 1. The number of carbonyl (C=O) groups excluding carboxylic acids is 1. The van der Waals surface area contributed by atoms with E-state index in [4.69, 9.17) is 11.6 Å². The van der Waals surface area contributed by atoms with Crippen LogP contribution in [0.4, 0.5) is 0 Å². The third-order valence-electron chi connectivity index (χ3n) is 1.49. The van der Waals surface area contributed by atoms with Crippen LogP contribution in [0.15, 0.2) is 0 Å². The van der Waals surface area contributed by atoms with Crippen LogP contribution >= 0.6 is 27.5 Å². The first-order valence-electron chi connectivity index (χ1n) is 3.95. The highest BCUT2D eigenvalue weighted by Crippen LogP contribution is 2.05. The van der Waals surface area contributed by atoms with Crippen molar-refractivity contribution in [3.05, 3.63) is 0 Å². The molecule has 0 saturated carbocycles. The van der Waals surface area contributed by atoms with Gasteiger partial charge in [-0.3, -0.25) is 4.79 Å². The van der Waals surface area contributed by atoms with Gasteiger partial charge < -0.3 is 0 Å². The summed E-state index contributed by atoms with van der Waals surface area (Å²) in [5, 5.41) is 1.07. The van der Waals surface area contributed by atoms with E-state index in [1.54, 1.807) is 0 Å². The van der Waals surface area contributed by atoms with Crippen LogP contribution in [0.1, 0.15) is 32.1 Å². The number of unbranched alkanes of at least 4 members (excludes halogenated alkanes) is 3. The Labute approximate surface area is 81.6 Å². The van der Waals surface area contributed by atoms with Gasteiger partial charge in [0.2, 0.25) is 0 Å². The number of carbonyl (C=O) groups is 1. The minimum absolute atomic E-state index is 0.172. The minimum atomic E-state index is 0.172. The van der Waals surface area contributed by atoms with Crippen LogP contribution in [0.25, 0.3) is 0 Å². The van der Waals surface area contributed by atoms with Gasteiger partial charge in [-0.25, -0.2) is 0 Å². The second-order valence-electron chi connectivity index (χ2n) is 2.53. The Morgan fingerprint density at radius 3 is 2.36 bits per heavy atom. The summed E-state index contributed by atoms with van der Waals surface area (Å²) in [6, 6.07) is 0. The average Bonchev–Trinajstić information content (AvgIpc) is 2.04. The molecule has 0 N–H and O–H groups in total. The van der Waals surface area contributed by atoms with Gasteiger partial charge in [-0.2, -0.15) is 0 Å². The van der Waals surface area contributed by atoms with Gasteiger partial charge in [0.1, 0.15) is 5.78 Å². The SMILES string of the molecule is O=C(CCl)CCCCCCBr. The lowest BCUT2D eigenvalue weighted by Gasteiger charge is -1.96. The van der Waals surface area contributed by atoms with Crippen LogP contribution in [0.2, 0.25) is 0 Å². The zero-order valence-corrected chi connectivity index (χ0v) is 8.96. The fourth-order valence-corrected chi connectivity index (χ4v) is 1.37. The Morgan fingerprint density at radius 2 is 1.82 bits per heavy atom. The van der Waals surface area contributed by atoms with Crippen molar-refractivity contribution in [1.82, 2.24) is 0 Å². The predicted molar refractivity (Wildman–Crippen MR) is 52.6 cm³/mol. The maximum absolute atomic E-state index is 10.7. The second-order valence-corrected chi connectivity index (χ2v) is 3.59. The highest BCUT2D eigenvalue weighted by molar-refractivity contribution is 9.09. The highest BCUT2D eigenvalue weighted by atomic mass is 79.9. The van der Waals surface area contributed by atoms with Crippen LogP contribution in [0.3, 0.4) is 0 Å². The van der Waals surface area contributed by atoms with E-state index in [9.17, 15) is 4.79 Å². The summed E-state index contributed by atoms with van der Waals surface area (Å²) in [5.74, 6) is 0.351. The molecule has 0 spiro atoms. The van der Waals surface area contributed by atoms with Gasteiger partial charge in [0, 0.05) is 11.8 Å². The molecule has 0 bridgehead atoms. The van der Waals surface area contributed by atoms with Crippen molar-refractivity contribution in [3.8, 4) is 0 Å². The molecular formula is C8H14BrClO. The molecule has 0 atom stereocenters. The van der Waals surface area contributed by atoms with Crippen molar-refractivity contribution in [3.63, 3.8) is 0 Å². The van der Waals surface area contributed by atoms with E-state index in [0.717, 1.165) is 18.2 Å². The van der Waals surface area contributed by atoms with Crippen molar-refractivity contribution in [1.29, 1.82) is 0 Å². The lowest BCUT2D eigenvalue weighted by Crippen LogP contribution is -1.98. The first-order valence-corrected chi connectivity index (χ1v) is 5.60. The van der Waals surface area contributed by atoms with Gasteiger partial charge in [-0.05, 0) is 12.8 Å². The highest BCUT2D eigenvalue weighted by Gasteiger charge is 1.97. The summed E-state index contributed by atoms with van der Waals surface area (Å²) in [4.78, 5) is 10.7. The van der Waals surface area contributed by atoms with Crippen LogP contribution in [-0.2, 0) is 4.79 Å². The molecule has 0 saturated heterocycles. The maximum Gasteiger partial charge on any atom is 0.147 e. The molecule has 3 heteroatoms. The average molecular weight is 242 g/mol. The molecule has 0 unspecified atom stereocenters. The van der Waals surface area contributed by atoms with Crippen molar-refractivity contribution >= 4 is 33.3 Å². The Morgan fingerprint density at radius 1 is 1.18 bits per heavy atom. The van der Waals surface area contributed by atoms with Gasteiger partial charge in [-0.15, -0.1) is 11.6 Å². The zero-order chi connectivity index (χ0) is 8.53. The van der Waals surface area contributed by atoms with E-state index < -0.39 is 0 Å². The summed E-state index contributed by atoms with van der Waals surface area (Å²) >= 11 is 8.69. The zero-order valence-electron chi connectivity index (χ0n) is 6.61. The van der Waals surface area contributed by atoms with Crippen LogP contribution in [0, 0.1) is 0 Å². The molecular weight excluding hydrogens is 227 g/mol. The van der Waals surface area contributed by atoms with Crippen molar-refractivity contribution in [2.24, 2.45) is 0 Å². The number of halogens is 2. The third kappa shape index (κ3) is 8.35. The number of hydrogen-bond donors (Lipinski definition) is 0. The molecule has 0 aliphatic rings. The smallest absolute Gasteiger partial charge is 0.147 e. The molecule has 0 radical (unpaired) electrons. The molecule has 0 rings (SSSR count). The topological polar surface area (TPSA) is 17.1 Å². The molecule has 0 aliphatic heterocycles. The molecule has 1 nitrogen and oxygen atoms in total. The van der Waals surface area contributed by atoms with Crippen LogP contribution < -0.4 is 0 Å². The minimum Gasteiger partial charge on any atom is -0.298 e. The van der Waals surface area contributed by atoms with Gasteiger partial charge >= 0.3 is 0 Å². The Kier molecular flexibility index (Phi) is 8.88. The van der Waals surface area contributed by atoms with E-state index >= 15 is 0 Å². The van der Waals surface area contributed by atoms with Crippen LogP contribution in [0.5, 0.6) is 0 Å². The molecule has 0 amide bonds. The Bertz CT molecular complexity index is 106. The normalized spacial score (nSPS) is 10.0. The molecule has 0 heterocycles. The molecule has 66 valence electrons. The van der Waals surface area contributed by atoms with Crippen molar-refractivity contribution in [2.75, 3.05) is 11.2 Å². The number of alkyl halides is 2. The summed E-state index contributed by atoms with van der Waals surface area (Å²) in [6.45, 7) is 0. The van der Waals surface area contributed by atoms with E-state index in [-0.39, 0.29) is 11.7 Å². The molecule has 0 fully saturated rings. The van der Waals surface area contributed by atoms with E-state index in [1.807, 2.05) is 0 Å². The van der Waals surface area contributed by atoms with Gasteiger partial charge in [0.15, 0.2) is 0 Å². The lowest BCUT2D eigenvalue weighted by molar-refractivity contribution is -0.116. The Hall–Kier alpha value is 0.440. The first kappa shape index (κ1) is 11.4. The molecule has 0 aromatic heterocycles. The van der Waals surface area contributed by atoms with Gasteiger partial charge in [0.05, 0.1) is 5.88 Å². The fourth-order valence-electron chi connectivity index (χ4n) is 0.837. The Balaban J connectivity index is 2.95. The quantitative estimate of drug-likeness (QED) is 0.494. The lowest BCUT2D eigenvalue weighted by atomic mass is 10.1. The fraction of sp³-hybridized carbons (Fsp3) is 0.875. The summed E-state index contributed by atoms with van der Waals surface area (Å²) in [5.41, 5.74) is 0. The monoisotopic (exact) mass is 240 g/mol. The number of rotatable bonds is 7. The van der Waals surface area contributed by atoms with Crippen molar-refractivity contribution < 1.29 is 4.79 Å². The molecule has 11 heavy (non-hydrogen) atoms. The van der Waals surface area contributed by atoms with Crippen LogP contribution in [-0.4, -0.2) is 17.0 Å². The number of hydrogen-bond acceptors (Lipinski definition) is 1. The van der Waals surface area contributed by atoms with Crippen molar-refractivity contribution in [2.45, 2.75) is 32.1 Å². The predicted octanol–water partition coefficient (Wildman–Crippen LogP) is 3.14. The van der Waals surface area contributed by atoms with Gasteiger partial charge in [-0.1, -0.05) is 28.8 Å². The van der Waals surface area contributed by atoms with Gasteiger partial charge in [0.25, 0.3) is 0 Å². The van der Waals surface area contributed by atoms with E-state index in [0.29, 0.717) is 6.42 Å². The van der Waals surface area contributed by atoms with E-state index in [2.05, 4.69) is 15.9 Å². The summed E-state index contributed by atoms with van der Waals surface area (Å²) < 4.78 is 0. The molecule has 0 aromatic rings. The molecule has 0 aromatic carbocycles. The largest absolute Gasteiger partial charge is 0.298 e. The third-order valence-corrected chi connectivity index (χ3v) is 2.35. The summed E-state index contributed by atoms with van der Waals surface area (Å²) in [6.07, 6.45) is 5.22. The molecule has 0 aliphatic carbocycles.